The van der Waals surface area contributed by atoms with Crippen LogP contribution in [0.2, 0.25) is 0 Å². The van der Waals surface area contributed by atoms with Crippen LogP contribution in [0.4, 0.5) is 11.6 Å². The standard InChI is InChI=1S/C20H17N5/c1-13-7-5-11-21-17(13)23-19-15-9-3-4-10-16(15)20(25-19)24-18-14(2)8-6-12-22-18/h3-12H,1-2H3,(H,21,22,23,24,25). The van der Waals surface area contributed by atoms with Crippen LogP contribution >= 0.6 is 0 Å². The lowest BCUT2D eigenvalue weighted by molar-refractivity contribution is 1.19. The van der Waals surface area contributed by atoms with E-state index in [2.05, 4.69) is 15.3 Å². The predicted molar refractivity (Wildman–Crippen MR) is 99.9 cm³/mol. The molecule has 4 rings (SSSR count). The summed E-state index contributed by atoms with van der Waals surface area (Å²) in [6, 6.07) is 15.9. The lowest BCUT2D eigenvalue weighted by Crippen LogP contribution is -2.22. The Balaban J connectivity index is 1.81. The molecule has 25 heavy (non-hydrogen) atoms. The molecule has 1 aliphatic heterocycles. The molecule has 2 aromatic heterocycles. The van der Waals surface area contributed by atoms with Crippen molar-refractivity contribution in [1.29, 1.82) is 0 Å². The van der Waals surface area contributed by atoms with Gasteiger partial charge in [0.05, 0.1) is 0 Å². The number of pyridine rings is 2. The SMILES string of the molecule is Cc1cccnc1/N=C1\N/C(=N/c2ncccc2C)c2ccccc21. The lowest BCUT2D eigenvalue weighted by atomic mass is 10.1. The first-order chi connectivity index (χ1) is 12.2. The van der Waals surface area contributed by atoms with Crippen LogP contribution in [-0.2, 0) is 0 Å². The summed E-state index contributed by atoms with van der Waals surface area (Å²) in [6.45, 7) is 4.00. The van der Waals surface area contributed by atoms with E-state index >= 15 is 0 Å². The largest absolute Gasteiger partial charge is 0.324 e. The number of benzene rings is 1. The molecule has 0 bridgehead atoms. The molecule has 0 amide bonds. The molecule has 0 fully saturated rings. The Bertz CT molecular complexity index is 924. The second-order valence-electron chi connectivity index (χ2n) is 5.88. The summed E-state index contributed by atoms with van der Waals surface area (Å²) in [4.78, 5) is 18.1. The number of nitrogens with one attached hydrogen (secondary N) is 1. The molecule has 122 valence electrons. The highest BCUT2D eigenvalue weighted by Crippen LogP contribution is 2.23. The van der Waals surface area contributed by atoms with E-state index in [-0.39, 0.29) is 0 Å². The Kier molecular flexibility index (Phi) is 3.82. The molecule has 1 aliphatic rings. The number of rotatable bonds is 2. The minimum atomic E-state index is 0.704. The average Bonchev–Trinajstić information content (AvgIpc) is 2.97. The van der Waals surface area contributed by atoms with E-state index in [1.54, 1.807) is 12.4 Å². The van der Waals surface area contributed by atoms with Crippen LogP contribution in [0.1, 0.15) is 22.3 Å². The van der Waals surface area contributed by atoms with Crippen LogP contribution in [0.15, 0.2) is 70.9 Å². The molecule has 0 aliphatic carbocycles. The van der Waals surface area contributed by atoms with Gasteiger partial charge >= 0.3 is 0 Å². The van der Waals surface area contributed by atoms with Gasteiger partial charge in [0.15, 0.2) is 11.6 Å². The molecule has 0 saturated heterocycles. The number of fused-ring (bicyclic) bond motifs is 1. The number of aryl methyl sites for hydroxylation is 2. The van der Waals surface area contributed by atoms with E-state index in [1.165, 1.54) is 0 Å². The average molecular weight is 327 g/mol. The van der Waals surface area contributed by atoms with Crippen molar-refractivity contribution in [1.82, 2.24) is 15.3 Å². The number of hydrogen-bond donors (Lipinski definition) is 1. The minimum absolute atomic E-state index is 0.704. The monoisotopic (exact) mass is 327 g/mol. The van der Waals surface area contributed by atoms with E-state index < -0.39 is 0 Å². The van der Waals surface area contributed by atoms with Gasteiger partial charge in [-0.2, -0.15) is 0 Å². The fourth-order valence-electron chi connectivity index (χ4n) is 2.72. The van der Waals surface area contributed by atoms with Gasteiger partial charge in [-0.3, -0.25) is 0 Å². The van der Waals surface area contributed by atoms with E-state index in [4.69, 9.17) is 9.98 Å². The van der Waals surface area contributed by atoms with Crippen molar-refractivity contribution in [2.24, 2.45) is 9.98 Å². The van der Waals surface area contributed by atoms with Crippen LogP contribution in [-0.4, -0.2) is 21.6 Å². The fourth-order valence-corrected chi connectivity index (χ4v) is 2.72. The molecule has 0 saturated carbocycles. The van der Waals surface area contributed by atoms with Crippen LogP contribution in [0.3, 0.4) is 0 Å². The normalized spacial score (nSPS) is 16.1. The molecule has 5 nitrogen and oxygen atoms in total. The van der Waals surface area contributed by atoms with Gasteiger partial charge in [-0.15, -0.1) is 0 Å². The highest BCUT2D eigenvalue weighted by Gasteiger charge is 2.23. The second-order valence-corrected chi connectivity index (χ2v) is 5.88. The van der Waals surface area contributed by atoms with Gasteiger partial charge in [-0.05, 0) is 37.1 Å². The zero-order valence-corrected chi connectivity index (χ0v) is 14.1. The van der Waals surface area contributed by atoms with Gasteiger partial charge in [0, 0.05) is 23.5 Å². The van der Waals surface area contributed by atoms with Crippen molar-refractivity contribution < 1.29 is 0 Å². The molecule has 0 spiro atoms. The predicted octanol–water partition coefficient (Wildman–Crippen LogP) is 3.85. The third-order valence-electron chi connectivity index (χ3n) is 4.07. The van der Waals surface area contributed by atoms with Crippen molar-refractivity contribution in [2.45, 2.75) is 13.8 Å². The molecule has 1 aromatic carbocycles. The van der Waals surface area contributed by atoms with E-state index in [1.807, 2.05) is 62.4 Å². The molecule has 0 unspecified atom stereocenters. The first-order valence-electron chi connectivity index (χ1n) is 8.10. The Morgan fingerprint density at radius 3 is 1.60 bits per heavy atom. The molecule has 1 N–H and O–H groups in total. The third-order valence-corrected chi connectivity index (χ3v) is 4.07. The Morgan fingerprint density at radius 2 is 1.16 bits per heavy atom. The summed E-state index contributed by atoms with van der Waals surface area (Å²) in [6.07, 6.45) is 3.50. The van der Waals surface area contributed by atoms with Crippen molar-refractivity contribution in [2.75, 3.05) is 0 Å². The van der Waals surface area contributed by atoms with Crippen LogP contribution in [0, 0.1) is 13.8 Å². The Hall–Kier alpha value is -3.34. The maximum absolute atomic E-state index is 4.71. The van der Waals surface area contributed by atoms with Gasteiger partial charge in [-0.25, -0.2) is 20.0 Å². The summed E-state index contributed by atoms with van der Waals surface area (Å²) in [5.41, 5.74) is 4.08. The molecule has 0 atom stereocenters. The van der Waals surface area contributed by atoms with Crippen molar-refractivity contribution in [3.05, 3.63) is 83.2 Å². The molecular formula is C20H17N5. The zero-order chi connectivity index (χ0) is 17.2. The van der Waals surface area contributed by atoms with Gasteiger partial charge in [0.25, 0.3) is 0 Å². The summed E-state index contributed by atoms with van der Waals surface area (Å²) < 4.78 is 0. The van der Waals surface area contributed by atoms with E-state index in [0.29, 0.717) is 11.6 Å². The summed E-state index contributed by atoms with van der Waals surface area (Å²) >= 11 is 0. The van der Waals surface area contributed by atoms with Crippen LogP contribution in [0.5, 0.6) is 0 Å². The lowest BCUT2D eigenvalue weighted by Gasteiger charge is -2.03. The zero-order valence-electron chi connectivity index (χ0n) is 14.1. The fraction of sp³-hybridized carbons (Fsp3) is 0.100. The summed E-state index contributed by atoms with van der Waals surface area (Å²) in [5.74, 6) is 2.92. The van der Waals surface area contributed by atoms with Crippen molar-refractivity contribution in [3.8, 4) is 0 Å². The molecular weight excluding hydrogens is 310 g/mol. The van der Waals surface area contributed by atoms with Gasteiger partial charge in [-0.1, -0.05) is 36.4 Å². The highest BCUT2D eigenvalue weighted by atomic mass is 15.1. The van der Waals surface area contributed by atoms with E-state index in [9.17, 15) is 0 Å². The van der Waals surface area contributed by atoms with Crippen molar-refractivity contribution >= 4 is 23.3 Å². The summed E-state index contributed by atoms with van der Waals surface area (Å²) in [5, 5.41) is 3.33. The maximum atomic E-state index is 4.71. The molecule has 0 radical (unpaired) electrons. The van der Waals surface area contributed by atoms with Gasteiger partial charge in [0.2, 0.25) is 0 Å². The molecule has 3 heterocycles. The number of nitrogens with zero attached hydrogens (tertiary/aromatic N) is 4. The third kappa shape index (κ3) is 2.92. The number of amidine groups is 2. The van der Waals surface area contributed by atoms with Crippen LogP contribution < -0.4 is 5.32 Å². The Labute approximate surface area is 146 Å². The second kappa shape index (κ2) is 6.28. The molecule has 3 aromatic rings. The van der Waals surface area contributed by atoms with E-state index in [0.717, 1.165) is 33.9 Å². The first kappa shape index (κ1) is 15.2. The van der Waals surface area contributed by atoms with Gasteiger partial charge < -0.3 is 5.32 Å². The smallest absolute Gasteiger partial charge is 0.157 e. The number of aliphatic imine (C=N–C) groups is 2. The number of aromatic nitrogens is 2. The van der Waals surface area contributed by atoms with Gasteiger partial charge in [0.1, 0.15) is 11.7 Å². The minimum Gasteiger partial charge on any atom is -0.324 e. The van der Waals surface area contributed by atoms with Crippen molar-refractivity contribution in [3.63, 3.8) is 0 Å². The maximum Gasteiger partial charge on any atom is 0.157 e. The number of hydrogen-bond acceptors (Lipinski definition) is 4. The summed E-state index contributed by atoms with van der Waals surface area (Å²) in [7, 11) is 0. The molecule has 5 heteroatoms. The topological polar surface area (TPSA) is 62.5 Å². The Morgan fingerprint density at radius 1 is 0.680 bits per heavy atom. The highest BCUT2D eigenvalue weighted by molar-refractivity contribution is 6.26. The quantitative estimate of drug-likeness (QED) is 0.777. The first-order valence-corrected chi connectivity index (χ1v) is 8.10. The van der Waals surface area contributed by atoms with Crippen LogP contribution in [0.25, 0.3) is 0 Å².